The van der Waals surface area contributed by atoms with Crippen molar-refractivity contribution < 1.29 is 4.79 Å². The van der Waals surface area contributed by atoms with Gasteiger partial charge in [-0.05, 0) is 36.5 Å². The number of nitrogens with two attached hydrogens (primary N) is 1. The Morgan fingerprint density at radius 3 is 2.41 bits per heavy atom. The fourth-order valence-corrected chi connectivity index (χ4v) is 4.62. The van der Waals surface area contributed by atoms with Crippen molar-refractivity contribution >= 4 is 23.3 Å². The van der Waals surface area contributed by atoms with E-state index < -0.39 is 0 Å². The summed E-state index contributed by atoms with van der Waals surface area (Å²) in [5, 5.41) is 4.10. The quantitative estimate of drug-likeness (QED) is 0.483. The van der Waals surface area contributed by atoms with Crippen molar-refractivity contribution in [1.29, 1.82) is 0 Å². The van der Waals surface area contributed by atoms with Gasteiger partial charge in [0.15, 0.2) is 0 Å². The van der Waals surface area contributed by atoms with Crippen LogP contribution in [0.5, 0.6) is 0 Å². The maximum atomic E-state index is 13.5. The van der Waals surface area contributed by atoms with E-state index in [0.717, 1.165) is 48.6 Å². The first-order valence-electron chi connectivity index (χ1n) is 11.5. The molecule has 174 valence electrons. The Kier molecular flexibility index (Phi) is 8.38. The SMILES string of the molecule is C=C/N=C(\C1=C(N)CC[C@@H]1C)N1CCN(C(=O)[C@H](CNC(C)C)c2ccc(Cl)cc2)CC1. The number of hydrogen-bond acceptors (Lipinski definition) is 4. The molecule has 2 aliphatic rings. The number of nitrogens with one attached hydrogen (secondary N) is 1. The van der Waals surface area contributed by atoms with Gasteiger partial charge in [0.1, 0.15) is 5.84 Å². The molecule has 32 heavy (non-hydrogen) atoms. The van der Waals surface area contributed by atoms with Crippen LogP contribution in [0, 0.1) is 5.92 Å². The lowest BCUT2D eigenvalue weighted by molar-refractivity contribution is -0.134. The summed E-state index contributed by atoms with van der Waals surface area (Å²) in [5.41, 5.74) is 9.37. The van der Waals surface area contributed by atoms with Crippen LogP contribution in [-0.4, -0.2) is 60.3 Å². The minimum absolute atomic E-state index is 0.148. The van der Waals surface area contributed by atoms with E-state index >= 15 is 0 Å². The molecule has 0 unspecified atom stereocenters. The van der Waals surface area contributed by atoms with Gasteiger partial charge in [-0.2, -0.15) is 0 Å². The van der Waals surface area contributed by atoms with E-state index in [4.69, 9.17) is 17.3 Å². The van der Waals surface area contributed by atoms with Gasteiger partial charge < -0.3 is 20.9 Å². The molecule has 6 nitrogen and oxygen atoms in total. The topological polar surface area (TPSA) is 74.0 Å². The second-order valence-electron chi connectivity index (χ2n) is 8.99. The molecule has 1 fully saturated rings. The largest absolute Gasteiger partial charge is 0.402 e. The molecule has 0 radical (unpaired) electrons. The van der Waals surface area contributed by atoms with Crippen LogP contribution in [0.4, 0.5) is 0 Å². The normalized spacial score (nSPS) is 20.8. The highest BCUT2D eigenvalue weighted by Gasteiger charge is 2.32. The summed E-state index contributed by atoms with van der Waals surface area (Å²) in [6, 6.07) is 7.91. The lowest BCUT2D eigenvalue weighted by Crippen LogP contribution is -2.53. The summed E-state index contributed by atoms with van der Waals surface area (Å²) in [7, 11) is 0. The summed E-state index contributed by atoms with van der Waals surface area (Å²) < 4.78 is 0. The number of piperazine rings is 1. The molecule has 1 aliphatic heterocycles. The number of hydrogen-bond donors (Lipinski definition) is 2. The van der Waals surface area contributed by atoms with Gasteiger partial charge in [0, 0.05) is 61.3 Å². The van der Waals surface area contributed by atoms with Gasteiger partial charge in [0.05, 0.1) is 5.92 Å². The number of amidine groups is 1. The van der Waals surface area contributed by atoms with Crippen LogP contribution in [0.1, 0.15) is 45.1 Å². The molecule has 1 heterocycles. The predicted octanol–water partition coefficient (Wildman–Crippen LogP) is 3.75. The number of aliphatic imine (C=N–C) groups is 1. The number of nitrogens with zero attached hydrogens (tertiary/aromatic N) is 3. The molecule has 1 aromatic rings. The molecule has 0 saturated carbocycles. The van der Waals surface area contributed by atoms with Crippen LogP contribution in [0.2, 0.25) is 5.02 Å². The zero-order valence-corrected chi connectivity index (χ0v) is 20.2. The zero-order valence-electron chi connectivity index (χ0n) is 19.5. The third-order valence-electron chi connectivity index (χ3n) is 6.33. The highest BCUT2D eigenvalue weighted by atomic mass is 35.5. The van der Waals surface area contributed by atoms with Crippen LogP contribution in [0.15, 0.2) is 53.3 Å². The standard InChI is InChI=1S/C25H36ClN5O/c1-5-28-24(23-18(4)6-11-22(23)27)30-12-14-31(15-13-30)25(32)21(16-29-17(2)3)19-7-9-20(26)10-8-19/h5,7-10,17-18,21,29H,1,6,11-16,27H2,2-4H3/b28-24+/t18-,21+/m0/s1. The van der Waals surface area contributed by atoms with E-state index in [0.29, 0.717) is 36.6 Å². The van der Waals surface area contributed by atoms with Gasteiger partial charge in [-0.3, -0.25) is 4.79 Å². The van der Waals surface area contributed by atoms with E-state index in [1.54, 1.807) is 6.20 Å². The van der Waals surface area contributed by atoms with Gasteiger partial charge in [-0.25, -0.2) is 4.99 Å². The van der Waals surface area contributed by atoms with E-state index in [2.05, 4.69) is 42.6 Å². The summed E-state index contributed by atoms with van der Waals surface area (Å²) >= 11 is 6.07. The molecule has 1 aliphatic carbocycles. The van der Waals surface area contributed by atoms with Crippen molar-refractivity contribution in [2.45, 2.75) is 45.6 Å². The van der Waals surface area contributed by atoms with Crippen molar-refractivity contribution in [3.63, 3.8) is 0 Å². The number of amides is 1. The highest BCUT2D eigenvalue weighted by molar-refractivity contribution is 6.30. The summed E-state index contributed by atoms with van der Waals surface area (Å²) in [6.45, 7) is 13.5. The van der Waals surface area contributed by atoms with E-state index in [-0.39, 0.29) is 11.8 Å². The van der Waals surface area contributed by atoms with Crippen molar-refractivity contribution in [2.24, 2.45) is 16.6 Å². The number of carbonyl (C=O) groups is 1. The van der Waals surface area contributed by atoms with E-state index in [1.165, 1.54) is 0 Å². The molecular weight excluding hydrogens is 422 g/mol. The Morgan fingerprint density at radius 2 is 1.88 bits per heavy atom. The average molecular weight is 458 g/mol. The Labute approximate surface area is 197 Å². The molecule has 1 aromatic carbocycles. The molecule has 1 amide bonds. The van der Waals surface area contributed by atoms with Crippen LogP contribution in [0.3, 0.4) is 0 Å². The molecule has 0 bridgehead atoms. The molecule has 3 N–H and O–H groups in total. The first-order valence-corrected chi connectivity index (χ1v) is 11.9. The maximum absolute atomic E-state index is 13.5. The summed E-state index contributed by atoms with van der Waals surface area (Å²) in [6.07, 6.45) is 3.56. The van der Waals surface area contributed by atoms with Crippen molar-refractivity contribution in [2.75, 3.05) is 32.7 Å². The van der Waals surface area contributed by atoms with Crippen LogP contribution >= 0.6 is 11.6 Å². The Balaban J connectivity index is 1.72. The minimum Gasteiger partial charge on any atom is -0.402 e. The molecule has 3 rings (SSSR count). The molecule has 1 saturated heterocycles. The minimum atomic E-state index is -0.240. The van der Waals surface area contributed by atoms with Crippen LogP contribution in [0.25, 0.3) is 0 Å². The fourth-order valence-electron chi connectivity index (χ4n) is 4.49. The third kappa shape index (κ3) is 5.73. The van der Waals surface area contributed by atoms with Gasteiger partial charge in [0.2, 0.25) is 5.91 Å². The maximum Gasteiger partial charge on any atom is 0.231 e. The van der Waals surface area contributed by atoms with Crippen LogP contribution < -0.4 is 11.1 Å². The zero-order chi connectivity index (χ0) is 23.3. The predicted molar refractivity (Wildman–Crippen MR) is 133 cm³/mol. The van der Waals surface area contributed by atoms with Gasteiger partial charge in [-0.15, -0.1) is 0 Å². The van der Waals surface area contributed by atoms with E-state index in [9.17, 15) is 4.79 Å². The molecule has 0 aromatic heterocycles. The second-order valence-corrected chi connectivity index (χ2v) is 9.43. The first-order chi connectivity index (χ1) is 15.3. The number of benzene rings is 1. The molecule has 7 heteroatoms. The molecule has 0 spiro atoms. The Hall–Kier alpha value is -2.31. The van der Waals surface area contributed by atoms with Gasteiger partial charge in [-0.1, -0.05) is 51.1 Å². The lowest BCUT2D eigenvalue weighted by Gasteiger charge is -2.39. The van der Waals surface area contributed by atoms with Gasteiger partial charge >= 0.3 is 0 Å². The van der Waals surface area contributed by atoms with Crippen molar-refractivity contribution in [3.8, 4) is 0 Å². The van der Waals surface area contributed by atoms with Crippen molar-refractivity contribution in [3.05, 3.63) is 58.9 Å². The first kappa shape index (κ1) is 24.3. The van der Waals surface area contributed by atoms with E-state index in [1.807, 2.05) is 29.2 Å². The Morgan fingerprint density at radius 1 is 1.25 bits per heavy atom. The third-order valence-corrected chi connectivity index (χ3v) is 6.58. The van der Waals surface area contributed by atoms with Crippen molar-refractivity contribution in [1.82, 2.24) is 15.1 Å². The average Bonchev–Trinajstić information content (AvgIpc) is 3.11. The number of halogens is 1. The highest BCUT2D eigenvalue weighted by Crippen LogP contribution is 2.31. The number of carbonyl (C=O) groups excluding carboxylic acids is 1. The number of allylic oxidation sites excluding steroid dienone is 1. The van der Waals surface area contributed by atoms with Gasteiger partial charge in [0.25, 0.3) is 0 Å². The lowest BCUT2D eigenvalue weighted by atomic mass is 9.96. The number of rotatable bonds is 7. The summed E-state index contributed by atoms with van der Waals surface area (Å²) in [5.74, 6) is 1.22. The molecular formula is C25H36ClN5O. The smallest absolute Gasteiger partial charge is 0.231 e. The molecule has 2 atom stereocenters. The second kappa shape index (κ2) is 11.0. The fraction of sp³-hybridized carbons (Fsp3) is 0.520. The monoisotopic (exact) mass is 457 g/mol. The Bertz CT molecular complexity index is 869. The van der Waals surface area contributed by atoms with Crippen LogP contribution in [-0.2, 0) is 4.79 Å². The summed E-state index contributed by atoms with van der Waals surface area (Å²) in [4.78, 5) is 22.3.